The molecule has 2 heterocycles. The van der Waals surface area contributed by atoms with Gasteiger partial charge in [0.25, 0.3) is 0 Å². The van der Waals surface area contributed by atoms with Crippen LogP contribution in [0.15, 0.2) is 35.9 Å². The fourth-order valence-corrected chi connectivity index (χ4v) is 5.62. The van der Waals surface area contributed by atoms with Crippen LogP contribution in [-0.2, 0) is 35.0 Å². The molecular weight excluding hydrogens is 606 g/mol. The molecule has 1 aromatic rings. The van der Waals surface area contributed by atoms with Crippen LogP contribution in [0.25, 0.3) is 0 Å². The molecule has 13 heteroatoms. The van der Waals surface area contributed by atoms with Gasteiger partial charge in [0.15, 0.2) is 5.72 Å². The van der Waals surface area contributed by atoms with E-state index in [1.165, 1.54) is 19.1 Å². The number of benzene rings is 1. The summed E-state index contributed by atoms with van der Waals surface area (Å²) in [5.41, 5.74) is -0.883. The van der Waals surface area contributed by atoms with E-state index in [4.69, 9.17) is 35.3 Å². The molecule has 1 fully saturated rings. The number of allylic oxidation sites excluding steroid dienone is 3. The lowest BCUT2D eigenvalue weighted by Crippen LogP contribution is -2.64. The minimum Gasteiger partial charge on any atom is -0.495 e. The second kappa shape index (κ2) is 15.0. The zero-order chi connectivity index (χ0) is 33.7. The van der Waals surface area contributed by atoms with Crippen molar-refractivity contribution < 1.29 is 43.2 Å². The van der Waals surface area contributed by atoms with Crippen LogP contribution >= 0.6 is 11.6 Å². The lowest BCUT2D eigenvalue weighted by molar-refractivity contribution is -0.202. The Kier molecular flexibility index (Phi) is 12.1. The maximum atomic E-state index is 13.8. The van der Waals surface area contributed by atoms with Crippen LogP contribution in [0.1, 0.15) is 53.0 Å². The van der Waals surface area contributed by atoms with Crippen LogP contribution in [0.4, 0.5) is 10.5 Å². The molecular formula is C32H46ClN3O9. The van der Waals surface area contributed by atoms with Crippen LogP contribution in [0, 0.1) is 0 Å². The maximum Gasteiger partial charge on any atom is 0.409 e. The van der Waals surface area contributed by atoms with Crippen molar-refractivity contribution in [1.29, 1.82) is 0 Å². The topological polar surface area (TPSA) is 145 Å². The van der Waals surface area contributed by atoms with E-state index in [9.17, 15) is 19.5 Å². The van der Waals surface area contributed by atoms with E-state index in [0.29, 0.717) is 17.9 Å². The number of nitrogens with zero attached hydrogens (tertiary/aromatic N) is 1. The van der Waals surface area contributed by atoms with E-state index < -0.39 is 59.8 Å². The third-order valence-electron chi connectivity index (χ3n) is 8.19. The molecule has 0 spiro atoms. The molecule has 3 N–H and O–H groups in total. The van der Waals surface area contributed by atoms with E-state index in [-0.39, 0.29) is 17.9 Å². The molecule has 12 nitrogen and oxygen atoms in total. The molecule has 1 aromatic carbocycles. The Morgan fingerprint density at radius 3 is 2.58 bits per heavy atom. The fourth-order valence-electron chi connectivity index (χ4n) is 5.31. The molecule has 1 saturated heterocycles. The van der Waals surface area contributed by atoms with E-state index in [1.54, 1.807) is 60.0 Å². The van der Waals surface area contributed by atoms with Crippen LogP contribution in [0.2, 0.25) is 5.02 Å². The quantitative estimate of drug-likeness (QED) is 0.403. The molecule has 0 radical (unpaired) electrons. The third kappa shape index (κ3) is 8.76. The second-order valence-corrected chi connectivity index (χ2v) is 12.5. The van der Waals surface area contributed by atoms with Gasteiger partial charge in [-0.2, -0.15) is 0 Å². The number of fused-ring (bicyclic) bond motifs is 4. The summed E-state index contributed by atoms with van der Waals surface area (Å²) in [7, 11) is 6.14. The van der Waals surface area contributed by atoms with Crippen molar-refractivity contribution in [3.05, 3.63) is 46.5 Å². The van der Waals surface area contributed by atoms with Gasteiger partial charge in [-0.25, -0.2) is 4.79 Å². The molecule has 2 amide bonds. The highest BCUT2D eigenvalue weighted by Gasteiger charge is 2.48. The van der Waals surface area contributed by atoms with Gasteiger partial charge in [0.1, 0.15) is 40.7 Å². The predicted octanol–water partition coefficient (Wildman–Crippen LogP) is 3.67. The molecule has 0 aliphatic carbocycles. The first-order valence-corrected chi connectivity index (χ1v) is 15.2. The Bertz CT molecular complexity index is 1320. The number of aliphatic hydroxyl groups is 1. The van der Waals surface area contributed by atoms with Gasteiger partial charge in [0, 0.05) is 20.6 Å². The number of hydrogen-bond donors (Lipinski definition) is 3. The second-order valence-electron chi connectivity index (χ2n) is 12.1. The third-order valence-corrected chi connectivity index (χ3v) is 8.57. The Hall–Kier alpha value is -3.16. The predicted molar refractivity (Wildman–Crippen MR) is 169 cm³/mol. The van der Waals surface area contributed by atoms with Gasteiger partial charge >= 0.3 is 12.1 Å². The normalized spacial score (nSPS) is 30.3. The largest absolute Gasteiger partial charge is 0.495 e. The van der Waals surface area contributed by atoms with Crippen molar-refractivity contribution >= 4 is 35.3 Å². The zero-order valence-electron chi connectivity index (χ0n) is 27.4. The first-order valence-electron chi connectivity index (χ1n) is 14.8. The number of methoxy groups -OCH3 is 2. The summed E-state index contributed by atoms with van der Waals surface area (Å²) >= 11 is 6.69. The van der Waals surface area contributed by atoms with Gasteiger partial charge in [-0.05, 0) is 65.8 Å². The minimum absolute atomic E-state index is 0.0748. The summed E-state index contributed by atoms with van der Waals surface area (Å²) in [6, 6.07) is 2.95. The standard InChI is InChI=1S/C32H46ClN3O9/c1-18-11-10-12-25(42-9)32(40)17-24(43-30(39)35-32)20(3)45-31(4,5)26(44-29(38)19(2)34-6)16-27(37)36(7)22-14-21(13-18)15-23(41-8)28(22)33/h10-12,14-15,19-20,24-26,34,40H,13,16-17H2,1-9H3,(H,35,39)/b12-10+,18-11+/t19-,20+,24-,25+,26-,32-/m0/s1. The number of nitrogens with one attached hydrogen (secondary N) is 2. The molecule has 6 atom stereocenters. The summed E-state index contributed by atoms with van der Waals surface area (Å²) in [5, 5.41) is 17.1. The molecule has 3 rings (SSSR count). The SMILES string of the molecule is CN[C@@H](C)C(=O)O[C@H]1CC(=O)N(C)c2cc(cc(OC)c2Cl)C/C(C)=C/C=C/[C@@H](OC)[C@@]2(O)C[C@H](OC(=O)N2)[C@@H](C)OC1(C)C. The number of anilines is 1. The van der Waals surface area contributed by atoms with E-state index in [0.717, 1.165) is 11.1 Å². The number of rotatable bonds is 5. The Labute approximate surface area is 270 Å². The van der Waals surface area contributed by atoms with Crippen molar-refractivity contribution in [2.75, 3.05) is 33.2 Å². The minimum atomic E-state index is -1.82. The molecule has 2 aliphatic rings. The molecule has 0 unspecified atom stereocenters. The van der Waals surface area contributed by atoms with E-state index >= 15 is 0 Å². The Balaban J connectivity index is 2.14. The lowest BCUT2D eigenvalue weighted by Gasteiger charge is -2.44. The number of carbonyl (C=O) groups is 3. The maximum absolute atomic E-state index is 13.8. The number of esters is 1. The number of hydrogen-bond acceptors (Lipinski definition) is 10. The Morgan fingerprint density at radius 1 is 1.27 bits per heavy atom. The van der Waals surface area contributed by atoms with Crippen LogP contribution in [-0.4, -0.2) is 93.2 Å². The molecule has 0 aromatic heterocycles. The highest BCUT2D eigenvalue weighted by Crippen LogP contribution is 2.37. The zero-order valence-corrected chi connectivity index (χ0v) is 28.2. The van der Waals surface area contributed by atoms with Crippen molar-refractivity contribution in [1.82, 2.24) is 10.6 Å². The molecule has 2 aliphatic heterocycles. The van der Waals surface area contributed by atoms with Gasteiger partial charge in [-0.1, -0.05) is 35.4 Å². The summed E-state index contributed by atoms with van der Waals surface area (Å²) < 4.78 is 28.9. The van der Waals surface area contributed by atoms with Gasteiger partial charge in [0.05, 0.1) is 25.3 Å². The van der Waals surface area contributed by atoms with Crippen LogP contribution in [0.5, 0.6) is 5.75 Å². The smallest absolute Gasteiger partial charge is 0.409 e. The van der Waals surface area contributed by atoms with Crippen LogP contribution in [0.3, 0.4) is 0 Å². The first kappa shape index (κ1) is 36.3. The fraction of sp³-hybridized carbons (Fsp3) is 0.594. The number of likely N-dealkylation sites (N-methyl/N-ethyl adjacent to an activating group) is 1. The number of carbonyl (C=O) groups excluding carboxylic acids is 3. The van der Waals surface area contributed by atoms with Crippen molar-refractivity contribution in [2.24, 2.45) is 0 Å². The van der Waals surface area contributed by atoms with Crippen molar-refractivity contribution in [2.45, 2.75) is 95.7 Å². The Morgan fingerprint density at radius 2 is 1.96 bits per heavy atom. The molecule has 250 valence electrons. The first-order chi connectivity index (χ1) is 21.0. The van der Waals surface area contributed by atoms with Gasteiger partial charge in [-0.15, -0.1) is 0 Å². The monoisotopic (exact) mass is 651 g/mol. The molecule has 4 bridgehead atoms. The number of amides is 2. The summed E-state index contributed by atoms with van der Waals surface area (Å²) in [4.78, 5) is 40.8. The summed E-state index contributed by atoms with van der Waals surface area (Å²) in [6.45, 7) is 8.61. The van der Waals surface area contributed by atoms with Gasteiger partial charge in [-0.3, -0.25) is 14.9 Å². The van der Waals surface area contributed by atoms with Gasteiger partial charge < -0.3 is 39.0 Å². The summed E-state index contributed by atoms with van der Waals surface area (Å²) in [5.74, 6) is -0.581. The average molecular weight is 652 g/mol. The van der Waals surface area contributed by atoms with Crippen LogP contribution < -0.4 is 20.3 Å². The van der Waals surface area contributed by atoms with Crippen molar-refractivity contribution in [3.8, 4) is 5.75 Å². The van der Waals surface area contributed by atoms with E-state index in [1.807, 2.05) is 19.1 Å². The van der Waals surface area contributed by atoms with Crippen molar-refractivity contribution in [3.63, 3.8) is 0 Å². The number of alkyl carbamates (subject to hydrolysis) is 1. The number of ether oxygens (including phenoxy) is 5. The average Bonchev–Trinajstić information content (AvgIpc) is 2.97. The van der Waals surface area contributed by atoms with Gasteiger partial charge in [0.2, 0.25) is 5.91 Å². The summed E-state index contributed by atoms with van der Waals surface area (Å²) in [6.07, 6.45) is 0.854. The highest BCUT2D eigenvalue weighted by atomic mass is 35.5. The lowest BCUT2D eigenvalue weighted by atomic mass is 9.93. The highest BCUT2D eigenvalue weighted by molar-refractivity contribution is 6.35. The molecule has 0 saturated carbocycles. The molecule has 45 heavy (non-hydrogen) atoms. The van der Waals surface area contributed by atoms with E-state index in [2.05, 4.69) is 10.6 Å². The number of halogens is 1.